The number of ether oxygens (including phenoxy) is 2. The van der Waals surface area contributed by atoms with Crippen molar-refractivity contribution in [3.05, 3.63) is 0 Å². The molecule has 18 heavy (non-hydrogen) atoms. The van der Waals surface area contributed by atoms with Crippen molar-refractivity contribution in [1.82, 2.24) is 15.0 Å². The SMILES string of the molecule is CCNc1nc(OCC)nc(N2CCOCC2)n1. The molecule has 1 aliphatic heterocycles. The largest absolute Gasteiger partial charge is 0.464 e. The zero-order valence-corrected chi connectivity index (χ0v) is 10.8. The molecule has 1 aromatic rings. The van der Waals surface area contributed by atoms with Crippen molar-refractivity contribution in [2.24, 2.45) is 0 Å². The van der Waals surface area contributed by atoms with Gasteiger partial charge in [0.05, 0.1) is 19.8 Å². The molecule has 2 heterocycles. The molecule has 0 bridgehead atoms. The van der Waals surface area contributed by atoms with Crippen molar-refractivity contribution in [3.63, 3.8) is 0 Å². The van der Waals surface area contributed by atoms with Crippen LogP contribution in [0.25, 0.3) is 0 Å². The number of anilines is 2. The van der Waals surface area contributed by atoms with Crippen LogP contribution in [0.5, 0.6) is 6.01 Å². The Morgan fingerprint density at radius 3 is 2.67 bits per heavy atom. The second kappa shape index (κ2) is 6.34. The van der Waals surface area contributed by atoms with E-state index in [1.807, 2.05) is 13.8 Å². The van der Waals surface area contributed by atoms with Crippen LogP contribution in [0.3, 0.4) is 0 Å². The first-order valence-corrected chi connectivity index (χ1v) is 6.29. The number of hydrogen-bond acceptors (Lipinski definition) is 7. The molecule has 2 rings (SSSR count). The Kier molecular flexibility index (Phi) is 4.52. The van der Waals surface area contributed by atoms with Crippen molar-refractivity contribution < 1.29 is 9.47 Å². The van der Waals surface area contributed by atoms with Gasteiger partial charge >= 0.3 is 6.01 Å². The van der Waals surface area contributed by atoms with E-state index in [4.69, 9.17) is 9.47 Å². The lowest BCUT2D eigenvalue weighted by atomic mass is 10.4. The first-order chi connectivity index (χ1) is 8.83. The van der Waals surface area contributed by atoms with Crippen LogP contribution in [-0.2, 0) is 4.74 Å². The zero-order chi connectivity index (χ0) is 12.8. The van der Waals surface area contributed by atoms with E-state index >= 15 is 0 Å². The highest BCUT2D eigenvalue weighted by Gasteiger charge is 2.16. The van der Waals surface area contributed by atoms with E-state index in [0.717, 1.165) is 19.6 Å². The zero-order valence-electron chi connectivity index (χ0n) is 10.8. The van der Waals surface area contributed by atoms with Crippen molar-refractivity contribution >= 4 is 11.9 Å². The van der Waals surface area contributed by atoms with Crippen molar-refractivity contribution in [3.8, 4) is 6.01 Å². The highest BCUT2D eigenvalue weighted by Crippen LogP contribution is 2.16. The normalized spacial score (nSPS) is 15.6. The number of hydrogen-bond donors (Lipinski definition) is 1. The van der Waals surface area contributed by atoms with Gasteiger partial charge in [-0.05, 0) is 13.8 Å². The molecule has 0 amide bonds. The van der Waals surface area contributed by atoms with E-state index in [0.29, 0.717) is 37.7 Å². The first-order valence-electron chi connectivity index (χ1n) is 6.29. The number of morpholine rings is 1. The van der Waals surface area contributed by atoms with Crippen LogP contribution in [-0.4, -0.2) is 54.4 Å². The summed E-state index contributed by atoms with van der Waals surface area (Å²) in [5.41, 5.74) is 0. The van der Waals surface area contributed by atoms with Crippen LogP contribution < -0.4 is 15.0 Å². The average molecular weight is 253 g/mol. The van der Waals surface area contributed by atoms with Crippen LogP contribution in [0.15, 0.2) is 0 Å². The minimum absolute atomic E-state index is 0.366. The van der Waals surface area contributed by atoms with Crippen LogP contribution in [0.4, 0.5) is 11.9 Å². The summed E-state index contributed by atoms with van der Waals surface area (Å²) in [4.78, 5) is 15.0. The highest BCUT2D eigenvalue weighted by molar-refractivity contribution is 5.38. The summed E-state index contributed by atoms with van der Waals surface area (Å²) in [6.07, 6.45) is 0. The lowest BCUT2D eigenvalue weighted by Gasteiger charge is -2.26. The van der Waals surface area contributed by atoms with Crippen molar-refractivity contribution in [2.75, 3.05) is 49.7 Å². The molecule has 0 radical (unpaired) electrons. The van der Waals surface area contributed by atoms with Gasteiger partial charge in [0.15, 0.2) is 0 Å². The summed E-state index contributed by atoms with van der Waals surface area (Å²) in [6.45, 7) is 8.20. The first kappa shape index (κ1) is 12.8. The standard InChI is InChI=1S/C11H19N5O2/c1-3-12-9-13-10(15-11(14-9)18-4-2)16-5-7-17-8-6-16/h3-8H2,1-2H3,(H,12,13,14,15). The quantitative estimate of drug-likeness (QED) is 0.821. The van der Waals surface area contributed by atoms with Gasteiger partial charge in [0.25, 0.3) is 0 Å². The molecule has 0 spiro atoms. The van der Waals surface area contributed by atoms with Crippen LogP contribution in [0, 0.1) is 0 Å². The average Bonchev–Trinajstić information content (AvgIpc) is 2.40. The Morgan fingerprint density at radius 1 is 1.22 bits per heavy atom. The fourth-order valence-corrected chi connectivity index (χ4v) is 1.68. The van der Waals surface area contributed by atoms with E-state index in [9.17, 15) is 0 Å². The maximum Gasteiger partial charge on any atom is 0.323 e. The van der Waals surface area contributed by atoms with E-state index in [-0.39, 0.29) is 0 Å². The molecule has 0 atom stereocenters. The predicted molar refractivity (Wildman–Crippen MR) is 68.2 cm³/mol. The summed E-state index contributed by atoms with van der Waals surface area (Å²) in [5, 5.41) is 3.09. The third-order valence-corrected chi connectivity index (χ3v) is 2.51. The number of nitrogens with one attached hydrogen (secondary N) is 1. The van der Waals surface area contributed by atoms with Gasteiger partial charge in [0.2, 0.25) is 11.9 Å². The van der Waals surface area contributed by atoms with E-state index in [2.05, 4.69) is 25.2 Å². The molecule has 1 fully saturated rings. The molecule has 1 aromatic heterocycles. The Balaban J connectivity index is 2.20. The van der Waals surface area contributed by atoms with Gasteiger partial charge in [-0.15, -0.1) is 0 Å². The van der Waals surface area contributed by atoms with Gasteiger partial charge in [-0.2, -0.15) is 15.0 Å². The van der Waals surface area contributed by atoms with E-state index in [1.165, 1.54) is 0 Å². The summed E-state index contributed by atoms with van der Waals surface area (Å²) in [5.74, 6) is 1.20. The smallest absolute Gasteiger partial charge is 0.323 e. The Bertz CT molecular complexity index is 357. The summed E-state index contributed by atoms with van der Waals surface area (Å²) < 4.78 is 10.7. The minimum atomic E-state index is 0.366. The third-order valence-electron chi connectivity index (χ3n) is 2.51. The molecule has 1 N–H and O–H groups in total. The number of aromatic nitrogens is 3. The Morgan fingerprint density at radius 2 is 2.00 bits per heavy atom. The van der Waals surface area contributed by atoms with Gasteiger partial charge in [-0.1, -0.05) is 0 Å². The molecular weight excluding hydrogens is 234 g/mol. The second-order valence-corrected chi connectivity index (χ2v) is 3.80. The van der Waals surface area contributed by atoms with Gasteiger partial charge in [-0.3, -0.25) is 0 Å². The molecule has 0 saturated carbocycles. The monoisotopic (exact) mass is 253 g/mol. The third kappa shape index (κ3) is 3.19. The Hall–Kier alpha value is -1.63. The van der Waals surface area contributed by atoms with E-state index < -0.39 is 0 Å². The minimum Gasteiger partial charge on any atom is -0.464 e. The van der Waals surface area contributed by atoms with Crippen LogP contribution in [0.2, 0.25) is 0 Å². The topological polar surface area (TPSA) is 72.4 Å². The number of rotatable bonds is 5. The summed E-state index contributed by atoms with van der Waals surface area (Å²) in [6, 6.07) is 0.366. The van der Waals surface area contributed by atoms with Crippen LogP contribution in [0.1, 0.15) is 13.8 Å². The molecule has 1 aliphatic rings. The van der Waals surface area contributed by atoms with Crippen LogP contribution >= 0.6 is 0 Å². The molecule has 0 aromatic carbocycles. The van der Waals surface area contributed by atoms with Crippen molar-refractivity contribution in [2.45, 2.75) is 13.8 Å². The second-order valence-electron chi connectivity index (χ2n) is 3.80. The predicted octanol–water partition coefficient (Wildman–Crippen LogP) is 0.539. The maximum absolute atomic E-state index is 5.36. The van der Waals surface area contributed by atoms with Gasteiger partial charge in [0, 0.05) is 19.6 Å². The molecule has 0 unspecified atom stereocenters. The molecule has 0 aliphatic carbocycles. The van der Waals surface area contributed by atoms with E-state index in [1.54, 1.807) is 0 Å². The van der Waals surface area contributed by atoms with Gasteiger partial charge < -0.3 is 19.7 Å². The van der Waals surface area contributed by atoms with Gasteiger partial charge in [-0.25, -0.2) is 0 Å². The fourth-order valence-electron chi connectivity index (χ4n) is 1.68. The highest BCUT2D eigenvalue weighted by atomic mass is 16.5. The maximum atomic E-state index is 5.36. The summed E-state index contributed by atoms with van der Waals surface area (Å²) >= 11 is 0. The number of nitrogens with zero attached hydrogens (tertiary/aromatic N) is 4. The lowest BCUT2D eigenvalue weighted by molar-refractivity contribution is 0.122. The molecule has 7 nitrogen and oxygen atoms in total. The fraction of sp³-hybridized carbons (Fsp3) is 0.727. The Labute approximate surface area is 107 Å². The molecule has 100 valence electrons. The molecule has 1 saturated heterocycles. The summed E-state index contributed by atoms with van der Waals surface area (Å²) in [7, 11) is 0. The lowest BCUT2D eigenvalue weighted by Crippen LogP contribution is -2.37. The molecule has 7 heteroatoms. The van der Waals surface area contributed by atoms with Crippen molar-refractivity contribution in [1.29, 1.82) is 0 Å². The van der Waals surface area contributed by atoms with Gasteiger partial charge in [0.1, 0.15) is 0 Å². The molecular formula is C11H19N5O2.